The van der Waals surface area contributed by atoms with Gasteiger partial charge in [0.25, 0.3) is 0 Å². The normalized spacial score (nSPS) is 12.1. The molecule has 0 amide bonds. The van der Waals surface area contributed by atoms with E-state index < -0.39 is 5.97 Å². The zero-order valence-electron chi connectivity index (χ0n) is 18.3. The van der Waals surface area contributed by atoms with Gasteiger partial charge >= 0.3 is 5.97 Å². The van der Waals surface area contributed by atoms with Crippen molar-refractivity contribution in [3.8, 4) is 22.5 Å². The molecule has 5 nitrogen and oxygen atoms in total. The van der Waals surface area contributed by atoms with Crippen molar-refractivity contribution < 1.29 is 19.6 Å². The van der Waals surface area contributed by atoms with Crippen molar-refractivity contribution in [1.29, 1.82) is 0 Å². The van der Waals surface area contributed by atoms with Gasteiger partial charge in [-0.15, -0.1) is 0 Å². The number of benzene rings is 3. The summed E-state index contributed by atoms with van der Waals surface area (Å²) >= 11 is 0. The van der Waals surface area contributed by atoms with E-state index in [9.17, 15) is 9.90 Å². The van der Waals surface area contributed by atoms with Gasteiger partial charge in [0, 0.05) is 40.8 Å². The highest BCUT2D eigenvalue weighted by Crippen LogP contribution is 2.42. The number of carboxylic acids is 1. The van der Waals surface area contributed by atoms with Crippen molar-refractivity contribution in [3.63, 3.8) is 0 Å². The van der Waals surface area contributed by atoms with Gasteiger partial charge in [-0.3, -0.25) is 4.99 Å². The molecule has 0 fully saturated rings. The molecule has 0 saturated carbocycles. The van der Waals surface area contributed by atoms with Crippen LogP contribution in [0.4, 0.5) is 5.69 Å². The van der Waals surface area contributed by atoms with Crippen LogP contribution in [0.3, 0.4) is 0 Å². The van der Waals surface area contributed by atoms with E-state index in [1.165, 1.54) is 0 Å². The van der Waals surface area contributed by atoms with Gasteiger partial charge in [0.15, 0.2) is 0 Å². The Labute approximate surface area is 181 Å². The van der Waals surface area contributed by atoms with E-state index in [-0.39, 0.29) is 5.56 Å². The maximum Gasteiger partial charge on any atom is 0.336 e. The van der Waals surface area contributed by atoms with E-state index in [4.69, 9.17) is 4.42 Å². The van der Waals surface area contributed by atoms with Gasteiger partial charge in [-0.25, -0.2) is 4.79 Å². The van der Waals surface area contributed by atoms with E-state index in [0.717, 1.165) is 50.8 Å². The third-order valence-electron chi connectivity index (χ3n) is 5.60. The molecular formula is C26H27N2O3+. The van der Waals surface area contributed by atoms with Crippen LogP contribution in [0.1, 0.15) is 35.3 Å². The molecule has 5 heteroatoms. The van der Waals surface area contributed by atoms with Gasteiger partial charge in [-0.2, -0.15) is 0 Å². The molecule has 0 unspecified atom stereocenters. The first-order valence-corrected chi connectivity index (χ1v) is 10.6. The van der Waals surface area contributed by atoms with Gasteiger partial charge in [0.2, 0.25) is 0 Å². The first kappa shape index (κ1) is 20.8. The van der Waals surface area contributed by atoms with Crippen LogP contribution in [0, 0.1) is 13.8 Å². The minimum atomic E-state index is -0.945. The summed E-state index contributed by atoms with van der Waals surface area (Å²) in [6.45, 7) is 9.82. The summed E-state index contributed by atoms with van der Waals surface area (Å²) in [7, 11) is 0. The summed E-state index contributed by atoms with van der Waals surface area (Å²) in [6, 6.07) is 15.3. The first-order valence-electron chi connectivity index (χ1n) is 10.6. The van der Waals surface area contributed by atoms with E-state index >= 15 is 0 Å². The van der Waals surface area contributed by atoms with Crippen molar-refractivity contribution in [2.24, 2.45) is 4.99 Å². The second kappa shape index (κ2) is 8.36. The van der Waals surface area contributed by atoms with Crippen LogP contribution in [0.5, 0.6) is 0 Å². The van der Waals surface area contributed by atoms with Gasteiger partial charge in [0.05, 0.1) is 17.5 Å². The average Bonchev–Trinajstić information content (AvgIpc) is 2.74. The molecule has 0 saturated heterocycles. The van der Waals surface area contributed by atoms with E-state index in [0.29, 0.717) is 17.9 Å². The summed E-state index contributed by atoms with van der Waals surface area (Å²) in [4.78, 5) is 16.6. The minimum absolute atomic E-state index is 0.276. The van der Waals surface area contributed by atoms with Crippen molar-refractivity contribution >= 4 is 22.6 Å². The number of quaternary nitrogens is 1. The predicted molar refractivity (Wildman–Crippen MR) is 123 cm³/mol. The highest BCUT2D eigenvalue weighted by molar-refractivity contribution is 6.08. The Hall–Kier alpha value is -3.44. The van der Waals surface area contributed by atoms with Crippen LogP contribution in [-0.4, -0.2) is 24.2 Å². The summed E-state index contributed by atoms with van der Waals surface area (Å²) in [5.41, 5.74) is 6.76. The highest BCUT2D eigenvalue weighted by Gasteiger charge is 2.23. The van der Waals surface area contributed by atoms with Crippen LogP contribution in [0.2, 0.25) is 0 Å². The monoisotopic (exact) mass is 415 g/mol. The smallest absolute Gasteiger partial charge is 0.336 e. The maximum absolute atomic E-state index is 12.0. The Morgan fingerprint density at radius 3 is 2.52 bits per heavy atom. The molecule has 0 atom stereocenters. The Bertz CT molecular complexity index is 1330. The lowest BCUT2D eigenvalue weighted by Gasteiger charge is -2.18. The number of aryl methyl sites for hydroxylation is 2. The van der Waals surface area contributed by atoms with Crippen LogP contribution < -0.4 is 10.7 Å². The second-order valence-corrected chi connectivity index (χ2v) is 7.75. The number of nitrogens with zero attached hydrogens (tertiary/aromatic N) is 1. The number of hydrogen-bond donors (Lipinski definition) is 2. The average molecular weight is 416 g/mol. The largest absolute Gasteiger partial charge is 0.478 e. The molecule has 2 aromatic rings. The fraction of sp³-hybridized carbons (Fsp3) is 0.231. The summed E-state index contributed by atoms with van der Waals surface area (Å²) in [5.74, 6) is -0.244. The van der Waals surface area contributed by atoms with E-state index in [1.807, 2.05) is 32.0 Å². The van der Waals surface area contributed by atoms with Crippen LogP contribution in [0.15, 0.2) is 57.9 Å². The Kier molecular flexibility index (Phi) is 5.61. The molecule has 31 heavy (non-hydrogen) atoms. The summed E-state index contributed by atoms with van der Waals surface area (Å²) < 4.78 is 6.37. The molecule has 158 valence electrons. The fourth-order valence-corrected chi connectivity index (χ4v) is 4.16. The fourth-order valence-electron chi connectivity index (χ4n) is 4.16. The van der Waals surface area contributed by atoms with Gasteiger partial charge < -0.3 is 14.8 Å². The second-order valence-electron chi connectivity index (χ2n) is 7.75. The zero-order valence-corrected chi connectivity index (χ0v) is 18.3. The van der Waals surface area contributed by atoms with Gasteiger partial charge in [-0.1, -0.05) is 18.2 Å². The molecule has 4 rings (SSSR count). The molecule has 1 aliphatic heterocycles. The summed E-state index contributed by atoms with van der Waals surface area (Å²) in [5, 5.41) is 13.8. The molecule has 2 aromatic carbocycles. The SMILES string of the molecule is CCN=c1cc2oc3cc([NH2+]CC)c(C)cc3c(-c3ccccc3C(=O)O)c-2cc1C. The topological polar surface area (TPSA) is 79.4 Å². The molecule has 0 aromatic heterocycles. The number of carboxylic acid groups (broad SMARTS) is 1. The molecule has 0 radical (unpaired) electrons. The number of hydrogen-bond acceptors (Lipinski definition) is 3. The molecule has 3 N–H and O–H groups in total. The number of fused-ring (bicyclic) bond motifs is 2. The Morgan fingerprint density at radius 2 is 1.81 bits per heavy atom. The molecule has 1 heterocycles. The lowest BCUT2D eigenvalue weighted by molar-refractivity contribution is -0.568. The molecular weight excluding hydrogens is 388 g/mol. The zero-order chi connectivity index (χ0) is 22.1. The minimum Gasteiger partial charge on any atom is -0.478 e. The Balaban J connectivity index is 2.20. The molecule has 0 spiro atoms. The first-order chi connectivity index (χ1) is 14.9. The third kappa shape index (κ3) is 3.73. The van der Waals surface area contributed by atoms with Crippen molar-refractivity contribution in [3.05, 3.63) is 70.6 Å². The number of rotatable bonds is 5. The van der Waals surface area contributed by atoms with E-state index in [2.05, 4.69) is 42.4 Å². The van der Waals surface area contributed by atoms with Crippen molar-refractivity contribution in [2.75, 3.05) is 13.1 Å². The van der Waals surface area contributed by atoms with Gasteiger partial charge in [0.1, 0.15) is 17.0 Å². The lowest BCUT2D eigenvalue weighted by atomic mass is 9.89. The number of carbonyl (C=O) groups is 1. The third-order valence-corrected chi connectivity index (χ3v) is 5.60. The van der Waals surface area contributed by atoms with Crippen LogP contribution in [-0.2, 0) is 0 Å². The molecule has 0 bridgehead atoms. The van der Waals surface area contributed by atoms with Gasteiger partial charge in [-0.05, 0) is 57.0 Å². The van der Waals surface area contributed by atoms with Crippen LogP contribution >= 0.6 is 0 Å². The number of aromatic carboxylic acids is 1. The highest BCUT2D eigenvalue weighted by atomic mass is 16.4. The lowest BCUT2D eigenvalue weighted by Crippen LogP contribution is -2.77. The number of nitrogens with two attached hydrogens (primary N) is 1. The molecule has 2 aliphatic rings. The van der Waals surface area contributed by atoms with Crippen molar-refractivity contribution in [2.45, 2.75) is 27.7 Å². The summed E-state index contributed by atoms with van der Waals surface area (Å²) in [6.07, 6.45) is 0. The van der Waals surface area contributed by atoms with Crippen LogP contribution in [0.25, 0.3) is 33.4 Å². The molecule has 1 aliphatic carbocycles. The quantitative estimate of drug-likeness (QED) is 0.368. The van der Waals surface area contributed by atoms with E-state index in [1.54, 1.807) is 12.1 Å². The Morgan fingerprint density at radius 1 is 1.03 bits per heavy atom. The maximum atomic E-state index is 12.0. The predicted octanol–water partition coefficient (Wildman–Crippen LogP) is 4.66. The standard InChI is InChI=1S/C26H26N2O3/c1-5-27-21-13-23-19(11-15(21)3)25(17-9-7-8-10-18(17)26(29)30)20-12-16(4)22(28-6-2)14-24(20)31-23/h7-14,27H,5-6H2,1-4H3,(H,29,30)/p+1. The van der Waals surface area contributed by atoms with Crippen molar-refractivity contribution in [1.82, 2.24) is 0 Å².